The summed E-state index contributed by atoms with van der Waals surface area (Å²) in [7, 11) is 0. The number of phenolic OH excluding ortho intramolecular Hbond substituents is 1. The van der Waals surface area contributed by atoms with Crippen molar-refractivity contribution in [2.45, 2.75) is 12.8 Å². The third kappa shape index (κ3) is 6.01. The van der Waals surface area contributed by atoms with Gasteiger partial charge < -0.3 is 15.2 Å². The first kappa shape index (κ1) is 20.3. The molecule has 1 aromatic heterocycles. The second-order valence-corrected chi connectivity index (χ2v) is 6.10. The van der Waals surface area contributed by atoms with Gasteiger partial charge in [0.1, 0.15) is 12.4 Å². The number of alkyl halides is 3. The average molecular weight is 403 g/mol. The van der Waals surface area contributed by atoms with E-state index < -0.39 is 18.7 Å². The van der Waals surface area contributed by atoms with Crippen LogP contribution >= 0.6 is 0 Å². The van der Waals surface area contributed by atoms with Crippen LogP contribution in [0.15, 0.2) is 60.9 Å². The monoisotopic (exact) mass is 403 g/mol. The lowest BCUT2D eigenvalue weighted by molar-refractivity contribution is -0.176. The van der Waals surface area contributed by atoms with Crippen LogP contribution in [0.4, 0.5) is 18.9 Å². The summed E-state index contributed by atoms with van der Waals surface area (Å²) < 4.78 is 40.8. The van der Waals surface area contributed by atoms with Crippen LogP contribution in [0.5, 0.6) is 5.75 Å². The Balaban J connectivity index is 1.58. The van der Waals surface area contributed by atoms with Gasteiger partial charge in [0, 0.05) is 11.1 Å². The standard InChI is InChI=1S/C20H16F3N3O3/c21-20(22,23)12-29-11-13-4-6-14(7-5-13)19(28)26-16-9-24-18(25-10-16)15-2-1-3-17(27)8-15/h1-10,27H,11-12H2,(H,26,28). The van der Waals surface area contributed by atoms with Crippen molar-refractivity contribution in [1.82, 2.24) is 9.97 Å². The Morgan fingerprint density at radius 3 is 2.38 bits per heavy atom. The van der Waals surface area contributed by atoms with Gasteiger partial charge in [-0.25, -0.2) is 9.97 Å². The molecule has 0 aliphatic heterocycles. The SMILES string of the molecule is O=C(Nc1cnc(-c2cccc(O)c2)nc1)c1ccc(COCC(F)(F)F)cc1. The van der Waals surface area contributed by atoms with Crippen molar-refractivity contribution in [2.24, 2.45) is 0 Å². The number of carbonyl (C=O) groups is 1. The highest BCUT2D eigenvalue weighted by Gasteiger charge is 2.27. The molecular weight excluding hydrogens is 387 g/mol. The van der Waals surface area contributed by atoms with E-state index in [1.165, 1.54) is 48.8 Å². The Bertz CT molecular complexity index is 975. The number of ether oxygens (including phenoxy) is 1. The van der Waals surface area contributed by atoms with Crippen molar-refractivity contribution in [2.75, 3.05) is 11.9 Å². The highest BCUT2D eigenvalue weighted by molar-refractivity contribution is 6.04. The van der Waals surface area contributed by atoms with E-state index in [2.05, 4.69) is 20.0 Å². The number of benzene rings is 2. The van der Waals surface area contributed by atoms with E-state index in [1.807, 2.05) is 0 Å². The summed E-state index contributed by atoms with van der Waals surface area (Å²) in [6.45, 7) is -1.53. The molecule has 0 unspecified atom stereocenters. The van der Waals surface area contributed by atoms with Gasteiger partial charge in [-0.15, -0.1) is 0 Å². The summed E-state index contributed by atoms with van der Waals surface area (Å²) in [4.78, 5) is 20.6. The second kappa shape index (κ2) is 8.70. The maximum atomic E-state index is 12.3. The number of amides is 1. The number of phenols is 1. The minimum Gasteiger partial charge on any atom is -0.508 e. The van der Waals surface area contributed by atoms with Crippen LogP contribution in [-0.2, 0) is 11.3 Å². The fourth-order valence-electron chi connectivity index (χ4n) is 2.43. The van der Waals surface area contributed by atoms with Crippen LogP contribution in [0.1, 0.15) is 15.9 Å². The van der Waals surface area contributed by atoms with Crippen molar-refractivity contribution in [1.29, 1.82) is 0 Å². The Morgan fingerprint density at radius 1 is 1.07 bits per heavy atom. The fraction of sp³-hybridized carbons (Fsp3) is 0.150. The largest absolute Gasteiger partial charge is 0.508 e. The Morgan fingerprint density at radius 2 is 1.76 bits per heavy atom. The van der Waals surface area contributed by atoms with Crippen LogP contribution in [0.2, 0.25) is 0 Å². The molecule has 3 rings (SSSR count). The number of hydrogen-bond acceptors (Lipinski definition) is 5. The van der Waals surface area contributed by atoms with Gasteiger partial charge in [-0.3, -0.25) is 4.79 Å². The minimum absolute atomic E-state index is 0.0933. The Hall–Kier alpha value is -3.46. The number of aromatic nitrogens is 2. The Kier molecular flexibility index (Phi) is 6.08. The molecule has 1 amide bonds. The zero-order chi connectivity index (χ0) is 20.9. The molecule has 9 heteroatoms. The number of hydrogen-bond donors (Lipinski definition) is 2. The number of nitrogens with one attached hydrogen (secondary N) is 1. The predicted octanol–water partition coefficient (Wildman–Crippen LogP) is 4.18. The summed E-state index contributed by atoms with van der Waals surface area (Å²) in [5.41, 5.74) is 1.84. The molecule has 0 radical (unpaired) electrons. The minimum atomic E-state index is -4.38. The molecule has 0 aliphatic rings. The summed E-state index contributed by atoms with van der Waals surface area (Å²) in [6, 6.07) is 12.5. The van der Waals surface area contributed by atoms with Crippen molar-refractivity contribution >= 4 is 11.6 Å². The molecular formula is C20H16F3N3O3. The van der Waals surface area contributed by atoms with Gasteiger partial charge in [0.05, 0.1) is 24.7 Å². The molecule has 2 aromatic carbocycles. The van der Waals surface area contributed by atoms with Gasteiger partial charge in [0.15, 0.2) is 5.82 Å². The van der Waals surface area contributed by atoms with E-state index in [9.17, 15) is 23.1 Å². The lowest BCUT2D eigenvalue weighted by Gasteiger charge is -2.09. The molecule has 0 bridgehead atoms. The molecule has 0 saturated carbocycles. The van der Waals surface area contributed by atoms with Crippen LogP contribution in [0.3, 0.4) is 0 Å². The summed E-state index contributed by atoms with van der Waals surface area (Å²) in [5, 5.41) is 12.1. The summed E-state index contributed by atoms with van der Waals surface area (Å²) in [6.07, 6.45) is -1.51. The van der Waals surface area contributed by atoms with Crippen molar-refractivity contribution in [3.63, 3.8) is 0 Å². The van der Waals surface area contributed by atoms with Crippen LogP contribution < -0.4 is 5.32 Å². The van der Waals surface area contributed by atoms with Crippen LogP contribution in [0.25, 0.3) is 11.4 Å². The normalized spacial score (nSPS) is 11.3. The third-order valence-electron chi connectivity index (χ3n) is 3.76. The van der Waals surface area contributed by atoms with Gasteiger partial charge in [0.2, 0.25) is 0 Å². The van der Waals surface area contributed by atoms with E-state index in [1.54, 1.807) is 12.1 Å². The van der Waals surface area contributed by atoms with Crippen molar-refractivity contribution < 1.29 is 27.8 Å². The van der Waals surface area contributed by atoms with Crippen LogP contribution in [0, 0.1) is 0 Å². The van der Waals surface area contributed by atoms with E-state index in [4.69, 9.17) is 0 Å². The molecule has 0 saturated heterocycles. The Labute approximate surface area is 164 Å². The van der Waals surface area contributed by atoms with Crippen molar-refractivity contribution in [3.8, 4) is 17.1 Å². The first-order valence-electron chi connectivity index (χ1n) is 8.46. The highest BCUT2D eigenvalue weighted by atomic mass is 19.4. The average Bonchev–Trinajstić information content (AvgIpc) is 2.68. The number of nitrogens with zero attached hydrogens (tertiary/aromatic N) is 2. The van der Waals surface area contributed by atoms with Crippen LogP contribution in [-0.4, -0.2) is 33.8 Å². The summed E-state index contributed by atoms with van der Waals surface area (Å²) in [5.74, 6) is 0.0688. The smallest absolute Gasteiger partial charge is 0.411 e. The molecule has 1 heterocycles. The maximum absolute atomic E-state index is 12.3. The number of halogens is 3. The highest BCUT2D eigenvalue weighted by Crippen LogP contribution is 2.20. The molecule has 0 fully saturated rings. The molecule has 3 aromatic rings. The number of carbonyl (C=O) groups excluding carboxylic acids is 1. The van der Waals surface area contributed by atoms with Gasteiger partial charge in [-0.2, -0.15) is 13.2 Å². The molecule has 29 heavy (non-hydrogen) atoms. The topological polar surface area (TPSA) is 84.3 Å². The van der Waals surface area contributed by atoms with E-state index in [0.717, 1.165) is 0 Å². The maximum Gasteiger partial charge on any atom is 0.411 e. The number of rotatable bonds is 6. The van der Waals surface area contributed by atoms with E-state index in [0.29, 0.717) is 28.2 Å². The summed E-state index contributed by atoms with van der Waals surface area (Å²) >= 11 is 0. The molecule has 150 valence electrons. The quantitative estimate of drug-likeness (QED) is 0.645. The van der Waals surface area contributed by atoms with Gasteiger partial charge >= 0.3 is 6.18 Å². The van der Waals surface area contributed by atoms with Crippen molar-refractivity contribution in [3.05, 3.63) is 72.1 Å². The molecule has 6 nitrogen and oxygen atoms in total. The molecule has 0 spiro atoms. The lowest BCUT2D eigenvalue weighted by atomic mass is 10.1. The van der Waals surface area contributed by atoms with Gasteiger partial charge in [-0.05, 0) is 29.8 Å². The molecule has 2 N–H and O–H groups in total. The van der Waals surface area contributed by atoms with Gasteiger partial charge in [-0.1, -0.05) is 24.3 Å². The second-order valence-electron chi connectivity index (χ2n) is 6.10. The zero-order valence-electron chi connectivity index (χ0n) is 15.0. The van der Waals surface area contributed by atoms with E-state index >= 15 is 0 Å². The zero-order valence-corrected chi connectivity index (χ0v) is 15.0. The lowest BCUT2D eigenvalue weighted by Crippen LogP contribution is -2.16. The fourth-order valence-corrected chi connectivity index (χ4v) is 2.43. The molecule has 0 atom stereocenters. The van der Waals surface area contributed by atoms with E-state index in [-0.39, 0.29) is 12.4 Å². The number of aromatic hydroxyl groups is 1. The number of anilines is 1. The molecule has 0 aliphatic carbocycles. The third-order valence-corrected chi connectivity index (χ3v) is 3.76. The predicted molar refractivity (Wildman–Crippen MR) is 99.2 cm³/mol. The first-order chi connectivity index (χ1) is 13.8. The first-order valence-corrected chi connectivity index (χ1v) is 8.46. The van der Waals surface area contributed by atoms with Gasteiger partial charge in [0.25, 0.3) is 5.91 Å².